The molecule has 0 saturated carbocycles. The predicted molar refractivity (Wildman–Crippen MR) is 98.1 cm³/mol. The number of ether oxygens (including phenoxy) is 1. The molecule has 0 aromatic carbocycles. The molecule has 8 heteroatoms. The van der Waals surface area contributed by atoms with Gasteiger partial charge in [0.25, 0.3) is 5.88 Å². The number of carbonyl (C=O) groups excluding carboxylic acids is 1. The lowest BCUT2D eigenvalue weighted by Crippen LogP contribution is -2.48. The van der Waals surface area contributed by atoms with Crippen LogP contribution in [0.1, 0.15) is 17.7 Å². The number of piperidine rings is 1. The summed E-state index contributed by atoms with van der Waals surface area (Å²) in [6.07, 6.45) is 5.01. The summed E-state index contributed by atoms with van der Waals surface area (Å²) in [7, 11) is 3.81. The number of likely N-dealkylation sites (tertiary alicyclic amines) is 1. The zero-order valence-corrected chi connectivity index (χ0v) is 15.3. The highest BCUT2D eigenvalue weighted by Gasteiger charge is 2.26. The molecule has 2 aromatic rings. The fourth-order valence-corrected chi connectivity index (χ4v) is 3.42. The highest BCUT2D eigenvalue weighted by molar-refractivity contribution is 7.09. The average Bonchev–Trinajstić information content (AvgIpc) is 3.14. The summed E-state index contributed by atoms with van der Waals surface area (Å²) in [5.74, 6) is 1.21. The van der Waals surface area contributed by atoms with Crippen molar-refractivity contribution >= 4 is 23.2 Å². The van der Waals surface area contributed by atoms with Gasteiger partial charge in [-0.05, 0) is 24.3 Å². The van der Waals surface area contributed by atoms with Crippen LogP contribution in [-0.4, -0.2) is 54.2 Å². The van der Waals surface area contributed by atoms with Crippen molar-refractivity contribution < 1.29 is 9.53 Å². The molecular formula is C17H23N5O2S. The third kappa shape index (κ3) is 4.60. The van der Waals surface area contributed by atoms with Gasteiger partial charge < -0.3 is 19.9 Å². The van der Waals surface area contributed by atoms with E-state index in [1.165, 1.54) is 0 Å². The molecule has 1 unspecified atom stereocenters. The first kappa shape index (κ1) is 17.5. The van der Waals surface area contributed by atoms with E-state index in [1.54, 1.807) is 23.7 Å². The first-order valence-electron chi connectivity index (χ1n) is 8.33. The molecule has 2 amide bonds. The second-order valence-electron chi connectivity index (χ2n) is 6.15. The Morgan fingerprint density at radius 3 is 3.04 bits per heavy atom. The highest BCUT2D eigenvalue weighted by atomic mass is 32.1. The van der Waals surface area contributed by atoms with Gasteiger partial charge in [0.05, 0.1) is 13.1 Å². The zero-order valence-electron chi connectivity index (χ0n) is 14.5. The van der Waals surface area contributed by atoms with Crippen molar-refractivity contribution in [2.75, 3.05) is 32.1 Å². The van der Waals surface area contributed by atoms with Crippen LogP contribution < -0.4 is 15.0 Å². The molecule has 1 aliphatic rings. The van der Waals surface area contributed by atoms with Gasteiger partial charge in [-0.1, -0.05) is 6.07 Å². The standard InChI is InChI=1S/C17H23N5O2S/c1-21(2)15-16(19-8-7-18-15)24-13-5-3-9-22(12-13)17(23)20-11-14-6-4-10-25-14/h4,6-8,10,13H,3,5,9,11-12H2,1-2H3,(H,20,23). The molecule has 3 heterocycles. The SMILES string of the molecule is CN(C)c1nccnc1OC1CCCN(C(=O)NCc2cccs2)C1. The maximum Gasteiger partial charge on any atom is 0.317 e. The Kier molecular flexibility index (Phi) is 5.70. The molecular weight excluding hydrogens is 338 g/mol. The van der Waals surface area contributed by atoms with Gasteiger partial charge in [-0.25, -0.2) is 14.8 Å². The molecule has 134 valence electrons. The summed E-state index contributed by atoms with van der Waals surface area (Å²) in [4.78, 5) is 25.8. The molecule has 1 aliphatic heterocycles. The summed E-state index contributed by atoms with van der Waals surface area (Å²) in [6, 6.07) is 3.96. The van der Waals surface area contributed by atoms with Crippen molar-refractivity contribution in [1.82, 2.24) is 20.2 Å². The van der Waals surface area contributed by atoms with Gasteiger partial charge in [0.2, 0.25) is 0 Å². The minimum absolute atomic E-state index is 0.0475. The third-order valence-electron chi connectivity index (χ3n) is 4.01. The number of nitrogens with zero attached hydrogens (tertiary/aromatic N) is 4. The van der Waals surface area contributed by atoms with Gasteiger partial charge in [-0.3, -0.25) is 0 Å². The van der Waals surface area contributed by atoms with E-state index in [4.69, 9.17) is 4.74 Å². The first-order valence-corrected chi connectivity index (χ1v) is 9.21. The molecule has 25 heavy (non-hydrogen) atoms. The van der Waals surface area contributed by atoms with Crippen LogP contribution in [0.3, 0.4) is 0 Å². The quantitative estimate of drug-likeness (QED) is 0.885. The van der Waals surface area contributed by atoms with Crippen LogP contribution in [-0.2, 0) is 6.54 Å². The minimum Gasteiger partial charge on any atom is -0.470 e. The summed E-state index contributed by atoms with van der Waals surface area (Å²) in [6.45, 7) is 1.87. The second-order valence-corrected chi connectivity index (χ2v) is 7.18. The smallest absolute Gasteiger partial charge is 0.317 e. The summed E-state index contributed by atoms with van der Waals surface area (Å²) < 4.78 is 6.04. The fourth-order valence-electron chi connectivity index (χ4n) is 2.77. The van der Waals surface area contributed by atoms with Crippen molar-refractivity contribution in [2.45, 2.75) is 25.5 Å². The van der Waals surface area contributed by atoms with Gasteiger partial charge in [0.15, 0.2) is 5.82 Å². The lowest BCUT2D eigenvalue weighted by Gasteiger charge is -2.33. The number of rotatable bonds is 5. The summed E-state index contributed by atoms with van der Waals surface area (Å²) in [5.41, 5.74) is 0. The molecule has 2 aromatic heterocycles. The number of urea groups is 1. The summed E-state index contributed by atoms with van der Waals surface area (Å²) in [5, 5.41) is 4.98. The average molecular weight is 361 g/mol. The van der Waals surface area contributed by atoms with E-state index in [0.717, 1.165) is 24.3 Å². The largest absolute Gasteiger partial charge is 0.470 e. The van der Waals surface area contributed by atoms with Crippen LogP contribution in [0.5, 0.6) is 5.88 Å². The molecule has 0 bridgehead atoms. The molecule has 0 spiro atoms. The lowest BCUT2D eigenvalue weighted by atomic mass is 10.1. The fraction of sp³-hybridized carbons (Fsp3) is 0.471. The van der Waals surface area contributed by atoms with Crippen molar-refractivity contribution in [3.8, 4) is 5.88 Å². The number of carbonyl (C=O) groups is 1. The number of anilines is 1. The molecule has 0 radical (unpaired) electrons. The summed E-state index contributed by atoms with van der Waals surface area (Å²) >= 11 is 1.64. The molecule has 1 saturated heterocycles. The van der Waals surface area contributed by atoms with Gasteiger partial charge in [-0.2, -0.15) is 0 Å². The van der Waals surface area contributed by atoms with Crippen LogP contribution in [0, 0.1) is 0 Å². The Balaban J connectivity index is 1.57. The lowest BCUT2D eigenvalue weighted by molar-refractivity contribution is 0.0978. The number of amides is 2. The van der Waals surface area contributed by atoms with Crippen LogP contribution in [0.2, 0.25) is 0 Å². The number of nitrogens with one attached hydrogen (secondary N) is 1. The number of hydrogen-bond acceptors (Lipinski definition) is 6. The van der Waals surface area contributed by atoms with Gasteiger partial charge >= 0.3 is 6.03 Å². The molecule has 0 aliphatic carbocycles. The van der Waals surface area contributed by atoms with E-state index in [1.807, 2.05) is 41.4 Å². The normalized spacial score (nSPS) is 17.2. The van der Waals surface area contributed by atoms with E-state index in [-0.39, 0.29) is 12.1 Å². The van der Waals surface area contributed by atoms with E-state index >= 15 is 0 Å². The van der Waals surface area contributed by atoms with Crippen LogP contribution in [0.4, 0.5) is 10.6 Å². The van der Waals surface area contributed by atoms with Crippen molar-refractivity contribution in [3.05, 3.63) is 34.8 Å². The van der Waals surface area contributed by atoms with Gasteiger partial charge in [0.1, 0.15) is 6.10 Å². The zero-order chi connectivity index (χ0) is 17.6. The van der Waals surface area contributed by atoms with E-state index in [0.29, 0.717) is 24.8 Å². The van der Waals surface area contributed by atoms with Crippen molar-refractivity contribution in [3.63, 3.8) is 0 Å². The van der Waals surface area contributed by atoms with E-state index < -0.39 is 0 Å². The Labute approximate surface area is 151 Å². The molecule has 1 fully saturated rings. The Bertz CT molecular complexity index is 692. The van der Waals surface area contributed by atoms with Crippen molar-refractivity contribution in [1.29, 1.82) is 0 Å². The maximum atomic E-state index is 12.4. The highest BCUT2D eigenvalue weighted by Crippen LogP contribution is 2.24. The van der Waals surface area contributed by atoms with Gasteiger partial charge in [-0.15, -0.1) is 11.3 Å². The molecule has 3 rings (SSSR count). The van der Waals surface area contributed by atoms with Crippen LogP contribution in [0.25, 0.3) is 0 Å². The Hall–Kier alpha value is -2.35. The number of thiophene rings is 1. The monoisotopic (exact) mass is 361 g/mol. The maximum absolute atomic E-state index is 12.4. The Morgan fingerprint density at radius 2 is 2.28 bits per heavy atom. The number of hydrogen-bond donors (Lipinski definition) is 1. The first-order chi connectivity index (χ1) is 12.1. The van der Waals surface area contributed by atoms with E-state index in [2.05, 4.69) is 15.3 Å². The van der Waals surface area contributed by atoms with Crippen LogP contribution in [0.15, 0.2) is 29.9 Å². The molecule has 1 N–H and O–H groups in total. The molecule has 1 atom stereocenters. The minimum atomic E-state index is -0.0726. The molecule has 7 nitrogen and oxygen atoms in total. The Morgan fingerprint density at radius 1 is 1.44 bits per heavy atom. The third-order valence-corrected chi connectivity index (χ3v) is 4.88. The number of aromatic nitrogens is 2. The van der Waals surface area contributed by atoms with Crippen LogP contribution >= 0.6 is 11.3 Å². The second kappa shape index (κ2) is 8.15. The predicted octanol–water partition coefficient (Wildman–Crippen LogP) is 2.36. The topological polar surface area (TPSA) is 70.6 Å². The van der Waals surface area contributed by atoms with E-state index in [9.17, 15) is 4.79 Å². The van der Waals surface area contributed by atoms with Crippen molar-refractivity contribution in [2.24, 2.45) is 0 Å². The van der Waals surface area contributed by atoms with Gasteiger partial charge in [0, 0.05) is 37.9 Å².